The Kier molecular flexibility index (Phi) is 6.68. The number of rotatable bonds is 8. The molecule has 1 atom stereocenters. The van der Waals surface area contributed by atoms with Gasteiger partial charge in [-0.25, -0.2) is 0 Å². The minimum absolute atomic E-state index is 0.346. The summed E-state index contributed by atoms with van der Waals surface area (Å²) in [6, 6.07) is 8.28. The molecule has 0 heterocycles. The first kappa shape index (κ1) is 16.7. The maximum Gasteiger partial charge on any atom is 0.307 e. The fraction of sp³-hybridized carbons (Fsp3) is 0.562. The van der Waals surface area contributed by atoms with Crippen LogP contribution in [-0.4, -0.2) is 54.6 Å². The second-order valence-electron chi connectivity index (χ2n) is 5.70. The van der Waals surface area contributed by atoms with E-state index >= 15 is 0 Å². The van der Waals surface area contributed by atoms with Crippen LogP contribution in [0.5, 0.6) is 0 Å². The van der Waals surface area contributed by atoms with E-state index in [2.05, 4.69) is 28.9 Å². The van der Waals surface area contributed by atoms with E-state index in [-0.39, 0.29) is 5.92 Å². The van der Waals surface area contributed by atoms with E-state index in [1.807, 2.05) is 26.2 Å². The Labute approximate surface area is 122 Å². The normalized spacial score (nSPS) is 12.9. The van der Waals surface area contributed by atoms with Crippen LogP contribution in [0.1, 0.15) is 18.1 Å². The number of likely N-dealkylation sites (N-methyl/N-ethyl adjacent to an activating group) is 1. The molecule has 0 aliphatic heterocycles. The van der Waals surface area contributed by atoms with E-state index in [9.17, 15) is 4.79 Å². The van der Waals surface area contributed by atoms with Crippen LogP contribution in [0.2, 0.25) is 0 Å². The molecular weight excluding hydrogens is 252 g/mol. The number of nitrogens with zero attached hydrogens (tertiary/aromatic N) is 2. The Morgan fingerprint density at radius 3 is 2.45 bits per heavy atom. The SMILES string of the molecule is Cc1ccccc1CN(CCN(C)C)CC(C)C(=O)O. The third-order valence-corrected chi connectivity index (χ3v) is 3.47. The summed E-state index contributed by atoms with van der Waals surface area (Å²) in [4.78, 5) is 15.4. The Bertz CT molecular complexity index is 432. The Balaban J connectivity index is 2.71. The van der Waals surface area contributed by atoms with Crippen molar-refractivity contribution >= 4 is 5.97 Å². The lowest BCUT2D eigenvalue weighted by Gasteiger charge is -2.26. The summed E-state index contributed by atoms with van der Waals surface area (Å²) < 4.78 is 0. The van der Waals surface area contributed by atoms with Crippen molar-refractivity contribution in [3.05, 3.63) is 35.4 Å². The van der Waals surface area contributed by atoms with Crippen molar-refractivity contribution in [2.45, 2.75) is 20.4 Å². The molecule has 0 bridgehead atoms. The molecule has 112 valence electrons. The summed E-state index contributed by atoms with van der Waals surface area (Å²) >= 11 is 0. The lowest BCUT2D eigenvalue weighted by Crippen LogP contribution is -2.36. The fourth-order valence-corrected chi connectivity index (χ4v) is 2.07. The highest BCUT2D eigenvalue weighted by atomic mass is 16.4. The van der Waals surface area contributed by atoms with Gasteiger partial charge in [0.2, 0.25) is 0 Å². The first-order valence-electron chi connectivity index (χ1n) is 7.04. The van der Waals surface area contributed by atoms with Crippen molar-refractivity contribution in [3.8, 4) is 0 Å². The van der Waals surface area contributed by atoms with Gasteiger partial charge in [-0.1, -0.05) is 31.2 Å². The minimum atomic E-state index is -0.732. The van der Waals surface area contributed by atoms with Gasteiger partial charge in [-0.3, -0.25) is 9.69 Å². The highest BCUT2D eigenvalue weighted by molar-refractivity contribution is 5.69. The molecule has 1 unspecified atom stereocenters. The number of carbonyl (C=O) groups is 1. The van der Waals surface area contributed by atoms with Crippen LogP contribution in [0, 0.1) is 12.8 Å². The number of carboxylic acid groups (broad SMARTS) is 1. The predicted molar refractivity (Wildman–Crippen MR) is 81.8 cm³/mol. The van der Waals surface area contributed by atoms with Gasteiger partial charge in [-0.05, 0) is 32.1 Å². The molecule has 4 heteroatoms. The average molecular weight is 278 g/mol. The van der Waals surface area contributed by atoms with Crippen LogP contribution >= 0.6 is 0 Å². The van der Waals surface area contributed by atoms with Crippen LogP contribution in [0.15, 0.2) is 24.3 Å². The van der Waals surface area contributed by atoms with E-state index in [1.54, 1.807) is 6.92 Å². The zero-order chi connectivity index (χ0) is 15.1. The third-order valence-electron chi connectivity index (χ3n) is 3.47. The predicted octanol–water partition coefficient (Wildman–Crippen LogP) is 2.08. The van der Waals surface area contributed by atoms with Gasteiger partial charge < -0.3 is 10.0 Å². The van der Waals surface area contributed by atoms with Crippen LogP contribution in [-0.2, 0) is 11.3 Å². The van der Waals surface area contributed by atoms with Crippen molar-refractivity contribution in [1.29, 1.82) is 0 Å². The molecule has 0 saturated heterocycles. The standard InChI is InChI=1S/C16H26N2O2/c1-13-7-5-6-8-15(13)12-18(10-9-17(3)4)11-14(2)16(19)20/h5-8,14H,9-12H2,1-4H3,(H,19,20). The van der Waals surface area contributed by atoms with Crippen molar-refractivity contribution < 1.29 is 9.90 Å². The van der Waals surface area contributed by atoms with E-state index in [0.29, 0.717) is 6.54 Å². The van der Waals surface area contributed by atoms with Crippen molar-refractivity contribution in [1.82, 2.24) is 9.80 Å². The van der Waals surface area contributed by atoms with Gasteiger partial charge in [-0.15, -0.1) is 0 Å². The summed E-state index contributed by atoms with van der Waals surface area (Å²) in [5.41, 5.74) is 2.52. The van der Waals surface area contributed by atoms with Crippen molar-refractivity contribution in [2.75, 3.05) is 33.7 Å². The van der Waals surface area contributed by atoms with Crippen molar-refractivity contribution in [2.24, 2.45) is 5.92 Å². The number of hydrogen-bond donors (Lipinski definition) is 1. The molecule has 0 aliphatic rings. The zero-order valence-electron chi connectivity index (χ0n) is 13.0. The minimum Gasteiger partial charge on any atom is -0.481 e. The van der Waals surface area contributed by atoms with E-state index in [4.69, 9.17) is 5.11 Å². The maximum atomic E-state index is 11.1. The molecule has 0 fully saturated rings. The molecule has 1 aromatic rings. The molecule has 0 saturated carbocycles. The molecule has 0 amide bonds. The molecular formula is C16H26N2O2. The van der Waals surface area contributed by atoms with Gasteiger partial charge in [0, 0.05) is 26.2 Å². The second-order valence-corrected chi connectivity index (χ2v) is 5.70. The zero-order valence-corrected chi connectivity index (χ0v) is 13.0. The quantitative estimate of drug-likeness (QED) is 0.790. The lowest BCUT2D eigenvalue weighted by molar-refractivity contribution is -0.141. The van der Waals surface area contributed by atoms with Gasteiger partial charge in [0.05, 0.1) is 5.92 Å². The van der Waals surface area contributed by atoms with E-state index in [0.717, 1.165) is 19.6 Å². The van der Waals surface area contributed by atoms with Crippen LogP contribution in [0.25, 0.3) is 0 Å². The molecule has 1 N–H and O–H groups in total. The maximum absolute atomic E-state index is 11.1. The number of carboxylic acids is 1. The van der Waals surface area contributed by atoms with Crippen LogP contribution < -0.4 is 0 Å². The molecule has 1 rings (SSSR count). The summed E-state index contributed by atoms with van der Waals surface area (Å²) in [7, 11) is 4.07. The highest BCUT2D eigenvalue weighted by Crippen LogP contribution is 2.12. The third kappa shape index (κ3) is 5.72. The van der Waals surface area contributed by atoms with Crippen LogP contribution in [0.3, 0.4) is 0 Å². The van der Waals surface area contributed by atoms with Gasteiger partial charge in [0.1, 0.15) is 0 Å². The molecule has 0 aromatic heterocycles. The average Bonchev–Trinajstić information content (AvgIpc) is 2.38. The molecule has 0 spiro atoms. The van der Waals surface area contributed by atoms with E-state index in [1.165, 1.54) is 11.1 Å². The van der Waals surface area contributed by atoms with Crippen molar-refractivity contribution in [3.63, 3.8) is 0 Å². The number of benzene rings is 1. The molecule has 0 radical (unpaired) electrons. The molecule has 20 heavy (non-hydrogen) atoms. The highest BCUT2D eigenvalue weighted by Gasteiger charge is 2.17. The summed E-state index contributed by atoms with van der Waals surface area (Å²) in [5.74, 6) is -1.08. The largest absolute Gasteiger partial charge is 0.481 e. The lowest BCUT2D eigenvalue weighted by atomic mass is 10.1. The van der Waals surface area contributed by atoms with Gasteiger partial charge in [-0.2, -0.15) is 0 Å². The number of aryl methyl sites for hydroxylation is 1. The topological polar surface area (TPSA) is 43.8 Å². The van der Waals surface area contributed by atoms with E-state index < -0.39 is 5.97 Å². The van der Waals surface area contributed by atoms with Gasteiger partial charge in [0.15, 0.2) is 0 Å². The van der Waals surface area contributed by atoms with Gasteiger partial charge in [0.25, 0.3) is 0 Å². The summed E-state index contributed by atoms with van der Waals surface area (Å²) in [6.45, 7) is 7.05. The Hall–Kier alpha value is -1.39. The molecule has 1 aromatic carbocycles. The Morgan fingerprint density at radius 2 is 1.90 bits per heavy atom. The summed E-state index contributed by atoms with van der Waals surface area (Å²) in [5, 5.41) is 9.09. The smallest absolute Gasteiger partial charge is 0.307 e. The second kappa shape index (κ2) is 8.02. The number of aliphatic carboxylic acids is 1. The Morgan fingerprint density at radius 1 is 1.25 bits per heavy atom. The first-order chi connectivity index (χ1) is 9.40. The fourth-order valence-electron chi connectivity index (χ4n) is 2.07. The monoisotopic (exact) mass is 278 g/mol. The molecule has 0 aliphatic carbocycles. The number of hydrogen-bond acceptors (Lipinski definition) is 3. The van der Waals surface area contributed by atoms with Gasteiger partial charge >= 0.3 is 5.97 Å². The summed E-state index contributed by atoms with van der Waals surface area (Å²) in [6.07, 6.45) is 0. The first-order valence-corrected chi connectivity index (χ1v) is 7.04. The van der Waals surface area contributed by atoms with Crippen LogP contribution in [0.4, 0.5) is 0 Å². The molecule has 4 nitrogen and oxygen atoms in total.